The van der Waals surface area contributed by atoms with Crippen LogP contribution in [-0.2, 0) is 0 Å². The lowest BCUT2D eigenvalue weighted by Gasteiger charge is -2.02. The summed E-state index contributed by atoms with van der Waals surface area (Å²) in [7, 11) is 1.71. The van der Waals surface area contributed by atoms with Crippen LogP contribution in [0.3, 0.4) is 0 Å². The highest BCUT2D eigenvalue weighted by atomic mass is 15.4. The van der Waals surface area contributed by atoms with Crippen molar-refractivity contribution in [3.8, 4) is 0 Å². The summed E-state index contributed by atoms with van der Waals surface area (Å²) in [5.74, 6) is 0. The van der Waals surface area contributed by atoms with Gasteiger partial charge in [0.1, 0.15) is 0 Å². The Morgan fingerprint density at radius 1 is 1.75 bits per heavy atom. The minimum absolute atomic E-state index is 0.190. The molecule has 5 heteroatoms. The molecule has 0 aromatic carbocycles. The van der Waals surface area contributed by atoms with E-state index in [9.17, 15) is 0 Å². The van der Waals surface area contributed by atoms with Gasteiger partial charge in [-0.15, -0.1) is 0 Å². The molecular weight excluding hydrogens is 106 g/mol. The Morgan fingerprint density at radius 2 is 2.38 bits per heavy atom. The molecule has 0 aliphatic carbocycles. The van der Waals surface area contributed by atoms with Gasteiger partial charge in [0.2, 0.25) is 0 Å². The fourth-order valence-electron chi connectivity index (χ4n) is 0.315. The number of nitrogens with zero attached hydrogens (tertiary/aromatic N) is 3. The lowest BCUT2D eigenvalue weighted by molar-refractivity contribution is 0.500. The van der Waals surface area contributed by atoms with Gasteiger partial charge in [0, 0.05) is 4.91 Å². The van der Waals surface area contributed by atoms with Crippen molar-refractivity contribution in [1.29, 1.82) is 0 Å². The molecule has 0 aromatic rings. The average molecular weight is 115 g/mol. The third kappa shape index (κ3) is 3.42. The highest BCUT2D eigenvalue weighted by molar-refractivity contribution is 4.52. The number of azide groups is 1. The molecule has 0 spiro atoms. The summed E-state index contributed by atoms with van der Waals surface area (Å²) in [5, 5.41) is 3.32. The molecular formula is C3H9N5. The van der Waals surface area contributed by atoms with E-state index in [0.717, 1.165) is 0 Å². The summed E-state index contributed by atoms with van der Waals surface area (Å²) in [6.45, 7) is 1.75. The average Bonchev–Trinajstić information content (AvgIpc) is 1.68. The van der Waals surface area contributed by atoms with Crippen LogP contribution < -0.4 is 10.9 Å². The maximum absolute atomic E-state index is 7.85. The maximum atomic E-state index is 7.85. The summed E-state index contributed by atoms with van der Waals surface area (Å²) in [4.78, 5) is 2.58. The molecule has 0 saturated carbocycles. The van der Waals surface area contributed by atoms with Crippen molar-refractivity contribution in [3.05, 3.63) is 10.4 Å². The van der Waals surface area contributed by atoms with Gasteiger partial charge < -0.3 is 0 Å². The van der Waals surface area contributed by atoms with Crippen LogP contribution in [0.15, 0.2) is 5.11 Å². The van der Waals surface area contributed by atoms with Gasteiger partial charge >= 0.3 is 0 Å². The van der Waals surface area contributed by atoms with Crippen molar-refractivity contribution in [2.75, 3.05) is 7.05 Å². The van der Waals surface area contributed by atoms with Crippen LogP contribution in [0.5, 0.6) is 0 Å². The minimum Gasteiger partial charge on any atom is -0.261 e. The third-order valence-electron chi connectivity index (χ3n) is 0.578. The maximum Gasteiger partial charge on any atom is 0.0970 e. The van der Waals surface area contributed by atoms with Crippen LogP contribution in [0.2, 0.25) is 0 Å². The SMILES string of the molecule is CNNC(C)N=[N+]=[N-]. The standard InChI is InChI=1S/C3H9N5/c1-3(6-5-2)7-8-4/h3,5-6H,1-2H3. The van der Waals surface area contributed by atoms with E-state index in [2.05, 4.69) is 20.9 Å². The van der Waals surface area contributed by atoms with Crippen molar-refractivity contribution in [3.63, 3.8) is 0 Å². The Labute approximate surface area is 47.7 Å². The van der Waals surface area contributed by atoms with Crippen LogP contribution in [0.1, 0.15) is 6.92 Å². The van der Waals surface area contributed by atoms with Gasteiger partial charge in [0.25, 0.3) is 0 Å². The monoisotopic (exact) mass is 115 g/mol. The molecule has 5 nitrogen and oxygen atoms in total. The summed E-state index contributed by atoms with van der Waals surface area (Å²) in [5.41, 5.74) is 13.2. The normalized spacial score (nSPS) is 12.2. The van der Waals surface area contributed by atoms with Gasteiger partial charge in [-0.25, -0.2) is 5.43 Å². The highest BCUT2D eigenvalue weighted by Gasteiger charge is 1.89. The van der Waals surface area contributed by atoms with Crippen LogP contribution in [-0.4, -0.2) is 13.2 Å². The zero-order valence-electron chi connectivity index (χ0n) is 4.92. The van der Waals surface area contributed by atoms with Gasteiger partial charge in [-0.3, -0.25) is 5.43 Å². The quantitative estimate of drug-likeness (QED) is 0.241. The molecule has 0 aliphatic heterocycles. The summed E-state index contributed by atoms with van der Waals surface area (Å²) in [6, 6.07) is 0. The molecule has 0 heterocycles. The Kier molecular flexibility index (Phi) is 3.97. The number of hydrogen-bond donors (Lipinski definition) is 2. The Bertz CT molecular complexity index is 93.8. The van der Waals surface area contributed by atoms with Crippen molar-refractivity contribution in [1.82, 2.24) is 10.9 Å². The smallest absolute Gasteiger partial charge is 0.0970 e. The predicted octanol–water partition coefficient (Wildman–Crippen LogP) is 0.367. The molecule has 46 valence electrons. The highest BCUT2D eigenvalue weighted by Crippen LogP contribution is 1.78. The number of rotatable bonds is 3. The van der Waals surface area contributed by atoms with Crippen molar-refractivity contribution in [2.45, 2.75) is 13.1 Å². The number of hydrogen-bond acceptors (Lipinski definition) is 3. The summed E-state index contributed by atoms with van der Waals surface area (Å²) >= 11 is 0. The molecule has 0 amide bonds. The first kappa shape index (κ1) is 7.23. The molecule has 0 bridgehead atoms. The Hall–Kier alpha value is -0.770. The van der Waals surface area contributed by atoms with E-state index >= 15 is 0 Å². The molecule has 0 rings (SSSR count). The van der Waals surface area contributed by atoms with Crippen molar-refractivity contribution in [2.24, 2.45) is 5.11 Å². The molecule has 0 saturated heterocycles. The molecule has 1 unspecified atom stereocenters. The Balaban J connectivity index is 3.31. The minimum atomic E-state index is -0.190. The molecule has 0 aliphatic rings. The molecule has 0 aromatic heterocycles. The van der Waals surface area contributed by atoms with Crippen LogP contribution in [0, 0.1) is 0 Å². The van der Waals surface area contributed by atoms with E-state index in [0.29, 0.717) is 0 Å². The fraction of sp³-hybridized carbons (Fsp3) is 1.00. The molecule has 0 radical (unpaired) electrons. The second-order valence-corrected chi connectivity index (χ2v) is 1.28. The van der Waals surface area contributed by atoms with Crippen LogP contribution >= 0.6 is 0 Å². The van der Waals surface area contributed by atoms with Crippen molar-refractivity contribution >= 4 is 0 Å². The van der Waals surface area contributed by atoms with Gasteiger partial charge in [0.15, 0.2) is 0 Å². The second kappa shape index (κ2) is 4.39. The second-order valence-electron chi connectivity index (χ2n) is 1.28. The summed E-state index contributed by atoms with van der Waals surface area (Å²) < 4.78 is 0. The van der Waals surface area contributed by atoms with Crippen LogP contribution in [0.4, 0.5) is 0 Å². The van der Waals surface area contributed by atoms with Crippen LogP contribution in [0.25, 0.3) is 10.4 Å². The van der Waals surface area contributed by atoms with E-state index < -0.39 is 0 Å². The van der Waals surface area contributed by atoms with Gasteiger partial charge in [-0.05, 0) is 19.5 Å². The van der Waals surface area contributed by atoms with E-state index in [4.69, 9.17) is 5.53 Å². The molecule has 1 atom stereocenters. The number of nitrogens with one attached hydrogen (secondary N) is 2. The number of hydrazine groups is 1. The summed E-state index contributed by atoms with van der Waals surface area (Å²) in [6.07, 6.45) is -0.190. The topological polar surface area (TPSA) is 72.8 Å². The molecule has 0 fully saturated rings. The molecule has 8 heavy (non-hydrogen) atoms. The zero-order valence-corrected chi connectivity index (χ0v) is 4.92. The van der Waals surface area contributed by atoms with E-state index in [-0.39, 0.29) is 6.17 Å². The first-order valence-corrected chi connectivity index (χ1v) is 2.27. The molecule has 2 N–H and O–H groups in total. The third-order valence-corrected chi connectivity index (χ3v) is 0.578. The van der Waals surface area contributed by atoms with Gasteiger partial charge in [-0.1, -0.05) is 5.11 Å². The Morgan fingerprint density at radius 3 is 2.75 bits per heavy atom. The van der Waals surface area contributed by atoms with Gasteiger partial charge in [0.05, 0.1) is 6.17 Å². The van der Waals surface area contributed by atoms with Gasteiger partial charge in [-0.2, -0.15) is 0 Å². The van der Waals surface area contributed by atoms with Crippen molar-refractivity contribution < 1.29 is 0 Å². The lowest BCUT2D eigenvalue weighted by atomic mass is 10.6. The zero-order chi connectivity index (χ0) is 6.41. The fourth-order valence-corrected chi connectivity index (χ4v) is 0.315. The predicted molar refractivity (Wildman–Crippen MR) is 30.8 cm³/mol. The lowest BCUT2D eigenvalue weighted by Crippen LogP contribution is -2.34. The van der Waals surface area contributed by atoms with E-state index in [1.165, 1.54) is 0 Å². The largest absolute Gasteiger partial charge is 0.261 e. The first-order chi connectivity index (χ1) is 3.81. The van der Waals surface area contributed by atoms with E-state index in [1.807, 2.05) is 0 Å². The first-order valence-electron chi connectivity index (χ1n) is 2.27. The van der Waals surface area contributed by atoms with E-state index in [1.54, 1.807) is 14.0 Å².